The van der Waals surface area contributed by atoms with Gasteiger partial charge in [-0.2, -0.15) is 0 Å². The Kier molecular flexibility index (Phi) is 9.45. The summed E-state index contributed by atoms with van der Waals surface area (Å²) in [4.78, 5) is 0. The summed E-state index contributed by atoms with van der Waals surface area (Å²) in [5, 5.41) is 0. The van der Waals surface area contributed by atoms with E-state index in [0.717, 1.165) is 0 Å². The van der Waals surface area contributed by atoms with Crippen LogP contribution < -0.4 is 0 Å². The van der Waals surface area contributed by atoms with Crippen LogP contribution in [-0.4, -0.2) is 38.0 Å². The van der Waals surface area contributed by atoms with Gasteiger partial charge in [-0.25, -0.2) is 0 Å². The molecule has 0 radical (unpaired) electrons. The van der Waals surface area contributed by atoms with Crippen molar-refractivity contribution in [3.05, 3.63) is 0 Å². The summed E-state index contributed by atoms with van der Waals surface area (Å²) in [5.41, 5.74) is 0. The van der Waals surface area contributed by atoms with E-state index in [-0.39, 0.29) is 45.7 Å². The highest BCUT2D eigenvalue weighted by Crippen LogP contribution is 2.39. The zero-order chi connectivity index (χ0) is 16.6. The maximum Gasteiger partial charge on any atom is 0.161 e. The Morgan fingerprint density at radius 1 is 0.583 bits per heavy atom. The van der Waals surface area contributed by atoms with E-state index in [2.05, 4.69) is 48.5 Å². The van der Waals surface area contributed by atoms with Gasteiger partial charge in [0.15, 0.2) is 12.6 Å². The molecule has 0 aromatic rings. The minimum atomic E-state index is -0.147. The Balaban J connectivity index is 0.00000264. The van der Waals surface area contributed by atoms with Gasteiger partial charge >= 0.3 is 0 Å². The van der Waals surface area contributed by atoms with Crippen molar-refractivity contribution in [1.82, 2.24) is 0 Å². The van der Waals surface area contributed by atoms with E-state index in [0.29, 0.717) is 29.6 Å². The first kappa shape index (κ1) is 23.8. The van der Waals surface area contributed by atoms with Crippen LogP contribution in [0.4, 0.5) is 0 Å². The van der Waals surface area contributed by atoms with E-state index in [4.69, 9.17) is 18.9 Å². The quantitative estimate of drug-likeness (QED) is 0.724. The van der Waals surface area contributed by atoms with Gasteiger partial charge in [-0.1, -0.05) is 49.5 Å². The van der Waals surface area contributed by atoms with E-state index < -0.39 is 0 Å². The van der Waals surface area contributed by atoms with E-state index >= 15 is 0 Å². The number of methoxy groups -OCH3 is 1. The normalized spacial score (nSPS) is 49.0. The Labute approximate surface area is 150 Å². The lowest BCUT2D eigenvalue weighted by molar-refractivity contribution is -0.316. The summed E-state index contributed by atoms with van der Waals surface area (Å²) in [6, 6.07) is 0. The molecule has 146 valence electrons. The summed E-state index contributed by atoms with van der Waals surface area (Å²) in [5.74, 6) is 2.21. The second-order valence-electron chi connectivity index (χ2n) is 7.55. The average molecular weight is 347 g/mol. The van der Waals surface area contributed by atoms with Crippen LogP contribution >= 0.6 is 0 Å². The van der Waals surface area contributed by atoms with Crippen LogP contribution in [0.2, 0.25) is 0 Å². The second kappa shape index (κ2) is 9.51. The van der Waals surface area contributed by atoms with Gasteiger partial charge in [0.05, 0.1) is 18.3 Å². The first-order valence-corrected chi connectivity index (χ1v) is 8.77. The molecule has 0 aromatic carbocycles. The molecule has 0 aliphatic carbocycles. The van der Waals surface area contributed by atoms with Crippen LogP contribution in [-0.2, 0) is 18.9 Å². The Bertz CT molecular complexity index is 362. The fraction of sp³-hybridized carbons (Fsp3) is 1.00. The minimum Gasteiger partial charge on any atom is -0.356 e. The lowest BCUT2D eigenvalue weighted by Crippen LogP contribution is -2.54. The van der Waals surface area contributed by atoms with Crippen molar-refractivity contribution in [1.29, 1.82) is 0 Å². The van der Waals surface area contributed by atoms with Crippen LogP contribution in [0, 0.1) is 29.6 Å². The lowest BCUT2D eigenvalue weighted by Gasteiger charge is -2.48. The van der Waals surface area contributed by atoms with E-state index in [1.807, 2.05) is 0 Å². The van der Waals surface area contributed by atoms with Crippen LogP contribution in [0.3, 0.4) is 0 Å². The van der Waals surface area contributed by atoms with Crippen LogP contribution in [0.1, 0.15) is 63.3 Å². The maximum atomic E-state index is 6.42. The second-order valence-corrected chi connectivity index (χ2v) is 7.55. The van der Waals surface area contributed by atoms with Gasteiger partial charge in [0.1, 0.15) is 0 Å². The number of hydrogen-bond acceptors (Lipinski definition) is 4. The van der Waals surface area contributed by atoms with E-state index in [1.54, 1.807) is 7.11 Å². The van der Waals surface area contributed by atoms with Gasteiger partial charge in [0.25, 0.3) is 0 Å². The molecule has 2 fully saturated rings. The molecule has 2 aliphatic heterocycles. The molecule has 24 heavy (non-hydrogen) atoms. The molecule has 2 saturated heterocycles. The van der Waals surface area contributed by atoms with Gasteiger partial charge in [-0.05, 0) is 31.6 Å². The fourth-order valence-electron chi connectivity index (χ4n) is 3.82. The average Bonchev–Trinajstić information content (AvgIpc) is 2.49. The standard InChI is InChI=1S/C18H34O4.2CH4/c1-9-10(2)14(6)20-18(12(9)4)22-16-11(3)13(5)17(19-8)21-15(16)7;;/h9-18H,1-8H3;2*1H4/t9-,10?,11+,12+,13-,14+,15+,16-,17+,18-;;/m0../s1. The summed E-state index contributed by atoms with van der Waals surface area (Å²) in [7, 11) is 1.71. The molecule has 0 spiro atoms. The summed E-state index contributed by atoms with van der Waals surface area (Å²) < 4.78 is 24.0. The molecule has 4 nitrogen and oxygen atoms in total. The molecular weight excluding hydrogens is 304 g/mol. The van der Waals surface area contributed by atoms with Crippen molar-refractivity contribution < 1.29 is 18.9 Å². The molecular formula is C20H42O4. The smallest absolute Gasteiger partial charge is 0.161 e. The van der Waals surface area contributed by atoms with Crippen LogP contribution in [0.25, 0.3) is 0 Å². The van der Waals surface area contributed by atoms with Gasteiger partial charge in [0, 0.05) is 18.9 Å². The van der Waals surface area contributed by atoms with Crippen molar-refractivity contribution in [2.24, 2.45) is 29.6 Å². The zero-order valence-electron chi connectivity index (χ0n) is 15.4. The molecule has 0 N–H and O–H groups in total. The molecule has 2 heterocycles. The number of ether oxygens (including phenoxy) is 4. The van der Waals surface area contributed by atoms with Crippen molar-refractivity contribution in [3.63, 3.8) is 0 Å². The van der Waals surface area contributed by atoms with Gasteiger partial charge in [-0.3, -0.25) is 0 Å². The molecule has 2 aliphatic rings. The summed E-state index contributed by atoms with van der Waals surface area (Å²) >= 11 is 0. The Hall–Kier alpha value is -0.160. The predicted molar refractivity (Wildman–Crippen MR) is 99.8 cm³/mol. The first-order chi connectivity index (χ1) is 10.3. The molecule has 1 unspecified atom stereocenters. The highest BCUT2D eigenvalue weighted by Gasteiger charge is 2.44. The topological polar surface area (TPSA) is 36.9 Å². The monoisotopic (exact) mass is 346 g/mol. The van der Waals surface area contributed by atoms with Crippen molar-refractivity contribution in [2.45, 2.75) is 94.2 Å². The van der Waals surface area contributed by atoms with Crippen LogP contribution in [0.5, 0.6) is 0 Å². The van der Waals surface area contributed by atoms with Crippen molar-refractivity contribution in [3.8, 4) is 0 Å². The zero-order valence-corrected chi connectivity index (χ0v) is 15.4. The number of hydrogen-bond donors (Lipinski definition) is 0. The predicted octanol–water partition coefficient (Wildman–Crippen LogP) is 4.96. The van der Waals surface area contributed by atoms with Gasteiger partial charge < -0.3 is 18.9 Å². The third kappa shape index (κ3) is 4.51. The SMILES string of the molecule is C.C.CO[C@@H]1O[C@H](C)[C@@H](O[C@@H]2O[C@H](C)C(C)[C@H](C)[C@H]2C)[C@H](C)[C@@H]1C. The Morgan fingerprint density at radius 2 is 1.08 bits per heavy atom. The molecule has 2 rings (SSSR count). The van der Waals surface area contributed by atoms with Crippen LogP contribution in [0.15, 0.2) is 0 Å². The first-order valence-electron chi connectivity index (χ1n) is 8.77. The van der Waals surface area contributed by atoms with Gasteiger partial charge in [0.2, 0.25) is 0 Å². The van der Waals surface area contributed by atoms with Crippen molar-refractivity contribution >= 4 is 0 Å². The van der Waals surface area contributed by atoms with Gasteiger partial charge in [-0.15, -0.1) is 0 Å². The van der Waals surface area contributed by atoms with Crippen molar-refractivity contribution in [2.75, 3.05) is 7.11 Å². The summed E-state index contributed by atoms with van der Waals surface area (Å²) in [6.45, 7) is 15.4. The number of rotatable bonds is 3. The largest absolute Gasteiger partial charge is 0.356 e. The molecule has 4 heteroatoms. The van der Waals surface area contributed by atoms with E-state index in [9.17, 15) is 0 Å². The highest BCUT2D eigenvalue weighted by molar-refractivity contribution is 4.87. The Morgan fingerprint density at radius 3 is 1.62 bits per heavy atom. The minimum absolute atomic E-state index is 0. The molecule has 10 atom stereocenters. The highest BCUT2D eigenvalue weighted by atomic mass is 16.7. The molecule has 0 saturated carbocycles. The maximum absolute atomic E-state index is 6.42. The third-order valence-corrected chi connectivity index (χ3v) is 6.29. The summed E-state index contributed by atoms with van der Waals surface area (Å²) in [6.07, 6.45) is -0.00699. The van der Waals surface area contributed by atoms with E-state index in [1.165, 1.54) is 0 Å². The fourth-order valence-corrected chi connectivity index (χ4v) is 3.82. The molecule has 0 bridgehead atoms. The molecule has 0 amide bonds. The molecule has 0 aromatic heterocycles. The third-order valence-electron chi connectivity index (χ3n) is 6.29. The lowest BCUT2D eigenvalue weighted by atomic mass is 9.79.